The Labute approximate surface area is 120 Å². The molecule has 0 amide bonds. The second-order valence-electron chi connectivity index (χ2n) is 5.94. The number of halogens is 2. The van der Waals surface area contributed by atoms with Gasteiger partial charge in [-0.05, 0) is 55.2 Å². The maximum atomic E-state index is 6.56. The molecule has 1 nitrogen and oxygen atoms in total. The summed E-state index contributed by atoms with van der Waals surface area (Å²) in [6.45, 7) is 4.60. The van der Waals surface area contributed by atoms with E-state index in [4.69, 9.17) is 28.9 Å². The average molecular weight is 286 g/mol. The van der Waals surface area contributed by atoms with Crippen LogP contribution in [-0.4, -0.2) is 5.54 Å². The van der Waals surface area contributed by atoms with Crippen molar-refractivity contribution in [1.82, 2.24) is 0 Å². The third-order valence-corrected chi connectivity index (χ3v) is 5.10. The molecule has 3 atom stereocenters. The van der Waals surface area contributed by atoms with Crippen LogP contribution >= 0.6 is 23.2 Å². The van der Waals surface area contributed by atoms with Crippen molar-refractivity contribution in [2.24, 2.45) is 17.6 Å². The average Bonchev–Trinajstić information content (AvgIpc) is 2.30. The molecule has 0 aromatic heterocycles. The van der Waals surface area contributed by atoms with Gasteiger partial charge in [0.05, 0.1) is 0 Å². The second kappa shape index (κ2) is 5.40. The summed E-state index contributed by atoms with van der Waals surface area (Å²) in [6, 6.07) is 5.66. The zero-order chi connectivity index (χ0) is 13.3. The minimum atomic E-state index is -0.152. The van der Waals surface area contributed by atoms with Crippen LogP contribution in [0, 0.1) is 11.8 Å². The highest BCUT2D eigenvalue weighted by molar-refractivity contribution is 6.36. The molecule has 0 heterocycles. The van der Waals surface area contributed by atoms with Gasteiger partial charge in [-0.25, -0.2) is 0 Å². The molecule has 0 saturated heterocycles. The summed E-state index contributed by atoms with van der Waals surface area (Å²) in [5.41, 5.74) is 7.42. The van der Waals surface area contributed by atoms with Gasteiger partial charge >= 0.3 is 0 Å². The topological polar surface area (TPSA) is 26.0 Å². The highest BCUT2D eigenvalue weighted by Crippen LogP contribution is 2.38. The first-order valence-electron chi connectivity index (χ1n) is 6.63. The molecule has 2 rings (SSSR count). The summed E-state index contributed by atoms with van der Waals surface area (Å²) in [5.74, 6) is 1.44. The Hall–Kier alpha value is -0.240. The third kappa shape index (κ3) is 3.01. The SMILES string of the molecule is CC1CCC(N)(Cc2c(Cl)cccc2Cl)CC1C. The van der Waals surface area contributed by atoms with E-state index in [9.17, 15) is 0 Å². The molecule has 0 radical (unpaired) electrons. The Morgan fingerprint density at radius 1 is 1.22 bits per heavy atom. The van der Waals surface area contributed by atoms with E-state index < -0.39 is 0 Å². The zero-order valence-corrected chi connectivity index (χ0v) is 12.6. The summed E-state index contributed by atoms with van der Waals surface area (Å²) >= 11 is 12.5. The highest BCUT2D eigenvalue weighted by atomic mass is 35.5. The normalized spacial score (nSPS) is 32.5. The Morgan fingerprint density at radius 2 is 1.83 bits per heavy atom. The third-order valence-electron chi connectivity index (χ3n) is 4.39. The molecule has 0 bridgehead atoms. The highest BCUT2D eigenvalue weighted by Gasteiger charge is 2.35. The zero-order valence-electron chi connectivity index (χ0n) is 11.0. The summed E-state index contributed by atoms with van der Waals surface area (Å²) in [5, 5.41) is 1.47. The number of nitrogens with two attached hydrogens (primary N) is 1. The summed E-state index contributed by atoms with van der Waals surface area (Å²) < 4.78 is 0. The summed E-state index contributed by atoms with van der Waals surface area (Å²) in [4.78, 5) is 0. The molecule has 1 aliphatic carbocycles. The second-order valence-corrected chi connectivity index (χ2v) is 6.75. The molecule has 1 aromatic rings. The maximum Gasteiger partial charge on any atom is 0.0453 e. The predicted molar refractivity (Wildman–Crippen MR) is 79.3 cm³/mol. The van der Waals surface area contributed by atoms with Crippen molar-refractivity contribution in [3.8, 4) is 0 Å². The van der Waals surface area contributed by atoms with E-state index in [2.05, 4.69) is 13.8 Å². The molecular weight excluding hydrogens is 265 g/mol. The van der Waals surface area contributed by atoms with Crippen molar-refractivity contribution >= 4 is 23.2 Å². The lowest BCUT2D eigenvalue weighted by molar-refractivity contribution is 0.176. The molecular formula is C15H21Cl2N. The quantitative estimate of drug-likeness (QED) is 0.838. The van der Waals surface area contributed by atoms with Gasteiger partial charge in [0.2, 0.25) is 0 Å². The lowest BCUT2D eigenvalue weighted by Crippen LogP contribution is -2.47. The fraction of sp³-hybridized carbons (Fsp3) is 0.600. The summed E-state index contributed by atoms with van der Waals surface area (Å²) in [7, 11) is 0. The fourth-order valence-corrected chi connectivity index (χ4v) is 3.49. The Kier molecular flexibility index (Phi) is 4.25. The standard InChI is InChI=1S/C15H21Cl2N/c1-10-6-7-15(18,8-11(10)2)9-12-13(16)4-3-5-14(12)17/h3-5,10-11H,6-9,18H2,1-2H3. The molecule has 1 aromatic carbocycles. The van der Waals surface area contributed by atoms with Crippen molar-refractivity contribution in [3.05, 3.63) is 33.8 Å². The van der Waals surface area contributed by atoms with Gasteiger partial charge in [0, 0.05) is 15.6 Å². The first-order valence-corrected chi connectivity index (χ1v) is 7.39. The van der Waals surface area contributed by atoms with Gasteiger partial charge in [-0.1, -0.05) is 43.1 Å². The first kappa shape index (κ1) is 14.2. The number of hydrogen-bond donors (Lipinski definition) is 1. The van der Waals surface area contributed by atoms with Crippen molar-refractivity contribution < 1.29 is 0 Å². The summed E-state index contributed by atoms with van der Waals surface area (Å²) in [6.07, 6.45) is 4.08. The molecule has 2 N–H and O–H groups in total. The van der Waals surface area contributed by atoms with Crippen LogP contribution in [0.1, 0.15) is 38.7 Å². The minimum Gasteiger partial charge on any atom is -0.325 e. The van der Waals surface area contributed by atoms with Crippen LogP contribution in [0.3, 0.4) is 0 Å². The monoisotopic (exact) mass is 285 g/mol. The van der Waals surface area contributed by atoms with E-state index in [1.807, 2.05) is 18.2 Å². The Morgan fingerprint density at radius 3 is 2.39 bits per heavy atom. The van der Waals surface area contributed by atoms with Crippen LogP contribution in [0.25, 0.3) is 0 Å². The number of rotatable bonds is 2. The van der Waals surface area contributed by atoms with Crippen molar-refractivity contribution in [1.29, 1.82) is 0 Å². The van der Waals surface area contributed by atoms with E-state index in [1.54, 1.807) is 0 Å². The smallest absolute Gasteiger partial charge is 0.0453 e. The number of benzene rings is 1. The maximum absolute atomic E-state index is 6.56. The van der Waals surface area contributed by atoms with Crippen molar-refractivity contribution in [2.75, 3.05) is 0 Å². The predicted octanol–water partition coefficient (Wildman–Crippen LogP) is 4.69. The van der Waals surface area contributed by atoms with E-state index in [1.165, 1.54) is 6.42 Å². The van der Waals surface area contributed by atoms with Crippen LogP contribution in [0.5, 0.6) is 0 Å². The van der Waals surface area contributed by atoms with Gasteiger partial charge in [0.25, 0.3) is 0 Å². The van der Waals surface area contributed by atoms with Gasteiger partial charge < -0.3 is 5.73 Å². The molecule has 0 aliphatic heterocycles. The van der Waals surface area contributed by atoms with Crippen LogP contribution in [-0.2, 0) is 6.42 Å². The largest absolute Gasteiger partial charge is 0.325 e. The first-order chi connectivity index (χ1) is 8.41. The van der Waals surface area contributed by atoms with Gasteiger partial charge in [-0.15, -0.1) is 0 Å². The van der Waals surface area contributed by atoms with Gasteiger partial charge in [-0.3, -0.25) is 0 Å². The van der Waals surface area contributed by atoms with Crippen LogP contribution in [0.2, 0.25) is 10.0 Å². The van der Waals surface area contributed by atoms with Gasteiger partial charge in [0.15, 0.2) is 0 Å². The molecule has 3 unspecified atom stereocenters. The lowest BCUT2D eigenvalue weighted by Gasteiger charge is -2.40. The fourth-order valence-electron chi connectivity index (χ4n) is 2.96. The van der Waals surface area contributed by atoms with Crippen LogP contribution in [0.4, 0.5) is 0 Å². The van der Waals surface area contributed by atoms with E-state index in [0.29, 0.717) is 5.92 Å². The lowest BCUT2D eigenvalue weighted by atomic mass is 9.69. The van der Waals surface area contributed by atoms with E-state index >= 15 is 0 Å². The van der Waals surface area contributed by atoms with Gasteiger partial charge in [0.1, 0.15) is 0 Å². The van der Waals surface area contributed by atoms with Crippen molar-refractivity contribution in [3.63, 3.8) is 0 Å². The van der Waals surface area contributed by atoms with Crippen LogP contribution < -0.4 is 5.73 Å². The van der Waals surface area contributed by atoms with E-state index in [0.717, 1.165) is 40.8 Å². The minimum absolute atomic E-state index is 0.152. The van der Waals surface area contributed by atoms with Crippen molar-refractivity contribution in [2.45, 2.75) is 45.1 Å². The van der Waals surface area contributed by atoms with Crippen LogP contribution in [0.15, 0.2) is 18.2 Å². The molecule has 1 aliphatic rings. The van der Waals surface area contributed by atoms with Gasteiger partial charge in [-0.2, -0.15) is 0 Å². The Bertz CT molecular complexity index is 412. The molecule has 1 fully saturated rings. The molecule has 18 heavy (non-hydrogen) atoms. The Balaban J connectivity index is 2.18. The molecule has 1 saturated carbocycles. The van der Waals surface area contributed by atoms with E-state index in [-0.39, 0.29) is 5.54 Å². The molecule has 3 heteroatoms. The molecule has 0 spiro atoms. The molecule has 100 valence electrons. The number of hydrogen-bond acceptors (Lipinski definition) is 1.